The Balaban J connectivity index is 1.95. The Hall–Kier alpha value is -3.00. The lowest BCUT2D eigenvalue weighted by atomic mass is 10.1. The Labute approximate surface area is 164 Å². The lowest BCUT2D eigenvalue weighted by Crippen LogP contribution is -2.34. The van der Waals surface area contributed by atoms with Crippen LogP contribution in [0.5, 0.6) is 0 Å². The van der Waals surface area contributed by atoms with Crippen LogP contribution in [-0.4, -0.2) is 32.5 Å². The molecule has 0 fully saturated rings. The van der Waals surface area contributed by atoms with Gasteiger partial charge in [0, 0.05) is 23.4 Å². The summed E-state index contributed by atoms with van der Waals surface area (Å²) in [6, 6.07) is 11.1. The first-order valence-corrected chi connectivity index (χ1v) is 10.3. The number of amides is 1. The molecule has 3 rings (SSSR count). The maximum absolute atomic E-state index is 12.6. The number of sulfonamides is 1. The number of fused-ring (bicyclic) bond motifs is 1. The monoisotopic (exact) mass is 399 g/mol. The van der Waals surface area contributed by atoms with E-state index >= 15 is 0 Å². The van der Waals surface area contributed by atoms with Gasteiger partial charge < -0.3 is 10.2 Å². The fourth-order valence-electron chi connectivity index (χ4n) is 3.06. The molecule has 1 aliphatic heterocycles. The first-order chi connectivity index (χ1) is 13.2. The van der Waals surface area contributed by atoms with E-state index in [1.165, 1.54) is 13.0 Å². The van der Waals surface area contributed by atoms with Crippen molar-refractivity contribution in [1.82, 2.24) is 0 Å². The van der Waals surface area contributed by atoms with Crippen molar-refractivity contribution < 1.29 is 18.0 Å². The molecule has 0 aromatic heterocycles. The minimum Gasteiger partial charge on any atom is -0.328 e. The second-order valence-corrected chi connectivity index (χ2v) is 8.11. The van der Waals surface area contributed by atoms with Crippen molar-refractivity contribution in [2.24, 2.45) is 4.40 Å². The summed E-state index contributed by atoms with van der Waals surface area (Å²) in [5, 5.41) is 2.70. The Morgan fingerprint density at radius 2 is 1.86 bits per heavy atom. The smallest absolute Gasteiger partial charge is 0.286 e. The molecular formula is C20H21N3O4S. The number of ketones is 1. The third-order valence-electron chi connectivity index (χ3n) is 4.41. The Morgan fingerprint density at radius 1 is 1.11 bits per heavy atom. The fraction of sp³-hybridized carbons (Fsp3) is 0.250. The predicted octanol–water partition coefficient (Wildman–Crippen LogP) is 3.48. The third kappa shape index (κ3) is 3.82. The number of Topliss-reactive ketones (excluding diaryl/α,β-unsaturated/α-hetero) is 1. The van der Waals surface area contributed by atoms with Crippen LogP contribution in [0, 0.1) is 0 Å². The van der Waals surface area contributed by atoms with Crippen molar-refractivity contribution in [2.45, 2.75) is 32.1 Å². The van der Waals surface area contributed by atoms with Gasteiger partial charge in [0.15, 0.2) is 5.78 Å². The molecule has 1 heterocycles. The summed E-state index contributed by atoms with van der Waals surface area (Å²) < 4.78 is 28.8. The van der Waals surface area contributed by atoms with Gasteiger partial charge in [0.25, 0.3) is 15.9 Å². The van der Waals surface area contributed by atoms with E-state index in [4.69, 9.17) is 0 Å². The van der Waals surface area contributed by atoms with E-state index in [0.717, 1.165) is 6.42 Å². The normalized spacial score (nSPS) is 14.8. The zero-order chi connectivity index (χ0) is 20.5. The van der Waals surface area contributed by atoms with Crippen LogP contribution >= 0.6 is 0 Å². The number of nitrogens with one attached hydrogen (secondary N) is 1. The molecule has 28 heavy (non-hydrogen) atoms. The van der Waals surface area contributed by atoms with Gasteiger partial charge in [-0.05, 0) is 50.6 Å². The van der Waals surface area contributed by atoms with E-state index in [9.17, 15) is 18.0 Å². The van der Waals surface area contributed by atoms with Gasteiger partial charge in [0.05, 0.1) is 5.69 Å². The maximum atomic E-state index is 12.6. The predicted molar refractivity (Wildman–Crippen MR) is 109 cm³/mol. The fourth-order valence-corrected chi connectivity index (χ4v) is 4.32. The van der Waals surface area contributed by atoms with Crippen molar-refractivity contribution in [3.05, 3.63) is 53.6 Å². The van der Waals surface area contributed by atoms with Crippen LogP contribution in [-0.2, 0) is 10.0 Å². The molecule has 1 aliphatic rings. The van der Waals surface area contributed by atoms with E-state index in [1.54, 1.807) is 43.3 Å². The molecule has 0 atom stereocenters. The van der Waals surface area contributed by atoms with Crippen LogP contribution in [0.2, 0.25) is 0 Å². The maximum Gasteiger partial charge on any atom is 0.286 e. The number of hydrogen-bond acceptors (Lipinski definition) is 5. The van der Waals surface area contributed by atoms with E-state index in [2.05, 4.69) is 9.71 Å². The van der Waals surface area contributed by atoms with Gasteiger partial charge in [-0.15, -0.1) is 4.40 Å². The third-order valence-corrected chi connectivity index (χ3v) is 5.80. The van der Waals surface area contributed by atoms with Gasteiger partial charge in [-0.2, -0.15) is 8.42 Å². The molecule has 8 heteroatoms. The number of rotatable bonds is 5. The average Bonchev–Trinajstić information content (AvgIpc) is 2.64. The Bertz CT molecular complexity index is 1090. The van der Waals surface area contributed by atoms with Crippen LogP contribution < -0.4 is 10.2 Å². The highest BCUT2D eigenvalue weighted by atomic mass is 32.2. The average molecular weight is 399 g/mol. The van der Waals surface area contributed by atoms with Crippen LogP contribution in [0.15, 0.2) is 51.8 Å². The molecule has 7 nitrogen and oxygen atoms in total. The second-order valence-electron chi connectivity index (χ2n) is 6.54. The quantitative estimate of drug-likeness (QED) is 0.777. The van der Waals surface area contributed by atoms with Crippen LogP contribution in [0.1, 0.15) is 47.9 Å². The lowest BCUT2D eigenvalue weighted by Gasteiger charge is -2.29. The summed E-state index contributed by atoms with van der Waals surface area (Å²) in [7, 11) is -3.87. The first-order valence-electron chi connectivity index (χ1n) is 8.88. The summed E-state index contributed by atoms with van der Waals surface area (Å²) >= 11 is 0. The molecule has 0 aliphatic carbocycles. The molecule has 0 saturated heterocycles. The number of carbonyl (C=O) groups is 2. The van der Waals surface area contributed by atoms with E-state index in [-0.39, 0.29) is 16.2 Å². The molecule has 0 radical (unpaired) electrons. The number of anilines is 2. The van der Waals surface area contributed by atoms with E-state index in [1.807, 2.05) is 11.8 Å². The summed E-state index contributed by atoms with van der Waals surface area (Å²) in [5.74, 6) is -0.167. The molecule has 1 amide bonds. The molecule has 2 aromatic rings. The van der Waals surface area contributed by atoms with Crippen molar-refractivity contribution in [3.63, 3.8) is 0 Å². The van der Waals surface area contributed by atoms with Gasteiger partial charge in [-0.25, -0.2) is 0 Å². The van der Waals surface area contributed by atoms with Gasteiger partial charge >= 0.3 is 0 Å². The van der Waals surface area contributed by atoms with E-state index < -0.39 is 15.9 Å². The number of nitrogens with zero attached hydrogens (tertiary/aromatic N) is 2. The zero-order valence-corrected chi connectivity index (χ0v) is 16.7. The summed E-state index contributed by atoms with van der Waals surface area (Å²) in [6.45, 7) is 5.72. The standard InChI is InChI=1S/C20H21N3O4S/c1-4-10-23-14(3)22-28(26,27)19-12-16(8-9-18(19)23)20(25)21-17-7-5-6-15(11-17)13(2)24/h5-9,11-12H,4,10H2,1-3H3,(H,21,25). The van der Waals surface area contributed by atoms with Crippen molar-refractivity contribution in [1.29, 1.82) is 0 Å². The zero-order valence-electron chi connectivity index (χ0n) is 15.9. The van der Waals surface area contributed by atoms with Gasteiger partial charge in [-0.3, -0.25) is 9.59 Å². The molecule has 0 unspecified atom stereocenters. The molecule has 0 bridgehead atoms. The Morgan fingerprint density at radius 3 is 2.54 bits per heavy atom. The molecule has 1 N–H and O–H groups in total. The molecule has 146 valence electrons. The highest BCUT2D eigenvalue weighted by Crippen LogP contribution is 2.32. The molecule has 0 saturated carbocycles. The van der Waals surface area contributed by atoms with E-state index in [0.29, 0.717) is 29.3 Å². The summed E-state index contributed by atoms with van der Waals surface area (Å²) in [5.41, 5.74) is 1.65. The Kier molecular flexibility index (Phi) is 5.33. The SMILES string of the molecule is CCCN1C(C)=NS(=O)(=O)c2cc(C(=O)Nc3cccc(C(C)=O)c3)ccc21. The topological polar surface area (TPSA) is 95.9 Å². The second kappa shape index (κ2) is 7.55. The number of benzene rings is 2. The summed E-state index contributed by atoms with van der Waals surface area (Å²) in [6.07, 6.45) is 0.821. The molecule has 2 aromatic carbocycles. The largest absolute Gasteiger partial charge is 0.328 e. The molecular weight excluding hydrogens is 378 g/mol. The molecule has 0 spiro atoms. The van der Waals surface area contributed by atoms with Crippen molar-refractivity contribution in [3.8, 4) is 0 Å². The minimum absolute atomic E-state index is 0.0108. The van der Waals surface area contributed by atoms with Crippen LogP contribution in [0.4, 0.5) is 11.4 Å². The number of carbonyl (C=O) groups excluding carboxylic acids is 2. The van der Waals surface area contributed by atoms with Crippen LogP contribution in [0.3, 0.4) is 0 Å². The van der Waals surface area contributed by atoms with Crippen LogP contribution in [0.25, 0.3) is 0 Å². The first kappa shape index (κ1) is 19.8. The van der Waals surface area contributed by atoms with Crippen molar-refractivity contribution in [2.75, 3.05) is 16.8 Å². The number of amidine groups is 1. The van der Waals surface area contributed by atoms with Gasteiger partial charge in [0.1, 0.15) is 10.7 Å². The van der Waals surface area contributed by atoms with Gasteiger partial charge in [-0.1, -0.05) is 19.1 Å². The number of hydrogen-bond donors (Lipinski definition) is 1. The van der Waals surface area contributed by atoms with Crippen molar-refractivity contribution >= 4 is 38.9 Å². The highest BCUT2D eigenvalue weighted by molar-refractivity contribution is 7.90. The van der Waals surface area contributed by atoms with Gasteiger partial charge in [0.2, 0.25) is 0 Å². The lowest BCUT2D eigenvalue weighted by molar-refractivity contribution is 0.101. The summed E-state index contributed by atoms with van der Waals surface area (Å²) in [4.78, 5) is 26.0. The highest BCUT2D eigenvalue weighted by Gasteiger charge is 2.29. The minimum atomic E-state index is -3.87.